The fraction of sp³-hybridized carbons (Fsp3) is 0.400. The minimum atomic E-state index is -3.72. The van der Waals surface area contributed by atoms with Gasteiger partial charge in [-0.15, -0.1) is 0 Å². The molecular weight excluding hydrogens is 649 g/mol. The maximum Gasteiger partial charge on any atom is 0.264 e. The molecule has 0 aromatic heterocycles. The lowest BCUT2D eigenvalue weighted by Crippen LogP contribution is -2.57. The van der Waals surface area contributed by atoms with E-state index in [9.17, 15) is 8.42 Å². The summed E-state index contributed by atoms with van der Waals surface area (Å²) in [5.74, 6) is -0.211. The Labute approximate surface area is 292 Å². The normalized spacial score (nSPS) is 20.2. The molecule has 0 radical (unpaired) electrons. The van der Waals surface area contributed by atoms with Crippen LogP contribution in [0.5, 0.6) is 0 Å². The van der Waals surface area contributed by atoms with Crippen molar-refractivity contribution in [3.8, 4) is 0 Å². The Bertz CT molecular complexity index is 1600. The number of rotatable bonds is 12. The van der Waals surface area contributed by atoms with E-state index in [-0.39, 0.29) is 34.9 Å². The summed E-state index contributed by atoms with van der Waals surface area (Å²) in [6, 6.07) is 42.2. The highest BCUT2D eigenvalue weighted by Crippen LogP contribution is 2.49. The molecule has 8 heteroatoms. The maximum absolute atomic E-state index is 12.8. The van der Waals surface area contributed by atoms with Crippen molar-refractivity contribution < 1.29 is 21.5 Å². The Morgan fingerprint density at radius 2 is 0.896 bits per heavy atom. The first-order valence-electron chi connectivity index (χ1n) is 17.1. The van der Waals surface area contributed by atoms with Crippen LogP contribution < -0.4 is 20.7 Å². The van der Waals surface area contributed by atoms with Gasteiger partial charge in [0, 0.05) is 5.92 Å². The SMILES string of the molecule is CC(C)(C)C(O[SiH](c1ccccc1)c1ccccc1)[C@H]1[C@@H](OS(C)(=O)=O)CC[C@@H]1C(O[SiH](c1ccccc1)c1ccccc1)C(C)(C)C. The molecule has 0 spiro atoms. The van der Waals surface area contributed by atoms with Crippen LogP contribution in [0.4, 0.5) is 0 Å². The van der Waals surface area contributed by atoms with E-state index >= 15 is 0 Å². The molecule has 2 unspecified atom stereocenters. The van der Waals surface area contributed by atoms with E-state index in [2.05, 4.69) is 139 Å². The first kappa shape index (κ1) is 36.4. The molecule has 4 aromatic rings. The molecule has 4 aromatic carbocycles. The van der Waals surface area contributed by atoms with Gasteiger partial charge < -0.3 is 8.85 Å². The van der Waals surface area contributed by atoms with Crippen LogP contribution in [0, 0.1) is 22.7 Å². The third-order valence-corrected chi connectivity index (χ3v) is 15.1. The van der Waals surface area contributed by atoms with Crippen molar-refractivity contribution in [1.29, 1.82) is 0 Å². The van der Waals surface area contributed by atoms with Crippen LogP contribution in [0.2, 0.25) is 0 Å². The lowest BCUT2D eigenvalue weighted by atomic mass is 9.70. The predicted octanol–water partition coefficient (Wildman–Crippen LogP) is 5.30. The fourth-order valence-corrected chi connectivity index (χ4v) is 13.6. The van der Waals surface area contributed by atoms with Gasteiger partial charge in [0.25, 0.3) is 10.1 Å². The molecule has 0 N–H and O–H groups in total. The molecule has 0 saturated heterocycles. The van der Waals surface area contributed by atoms with E-state index in [1.165, 1.54) is 27.0 Å². The summed E-state index contributed by atoms with van der Waals surface area (Å²) in [6.45, 7) is 13.4. The Balaban J connectivity index is 1.62. The molecule has 5 atom stereocenters. The van der Waals surface area contributed by atoms with Crippen LogP contribution in [0.25, 0.3) is 0 Å². The first-order chi connectivity index (χ1) is 22.7. The summed E-state index contributed by atoms with van der Waals surface area (Å²) in [4.78, 5) is 0. The van der Waals surface area contributed by atoms with Crippen LogP contribution in [0.1, 0.15) is 54.4 Å². The Hall–Kier alpha value is -2.86. The van der Waals surface area contributed by atoms with Gasteiger partial charge in [-0.3, -0.25) is 4.18 Å². The summed E-state index contributed by atoms with van der Waals surface area (Å²) in [6.07, 6.45) is 1.60. The topological polar surface area (TPSA) is 61.8 Å². The molecule has 0 heterocycles. The zero-order valence-electron chi connectivity index (χ0n) is 29.5. The Kier molecular flexibility index (Phi) is 11.7. The number of hydrogen-bond acceptors (Lipinski definition) is 5. The van der Waals surface area contributed by atoms with Crippen LogP contribution in [-0.4, -0.2) is 51.1 Å². The Morgan fingerprint density at radius 3 is 1.21 bits per heavy atom. The van der Waals surface area contributed by atoms with Gasteiger partial charge in [0.2, 0.25) is 18.1 Å². The molecule has 5 rings (SSSR count). The molecular formula is C40H52O5SSi2. The summed E-state index contributed by atoms with van der Waals surface area (Å²) in [7, 11) is -8.08. The molecule has 5 nitrogen and oxygen atoms in total. The highest BCUT2D eigenvalue weighted by Gasteiger charge is 2.53. The van der Waals surface area contributed by atoms with Crippen LogP contribution in [0.3, 0.4) is 0 Å². The number of hydrogen-bond donors (Lipinski definition) is 0. The molecule has 256 valence electrons. The molecule has 1 aliphatic rings. The van der Waals surface area contributed by atoms with Gasteiger partial charge in [0.15, 0.2) is 0 Å². The zero-order chi connectivity index (χ0) is 34.5. The van der Waals surface area contributed by atoms with Gasteiger partial charge in [-0.25, -0.2) is 0 Å². The second kappa shape index (κ2) is 15.4. The average Bonchev–Trinajstić information content (AvgIpc) is 3.43. The van der Waals surface area contributed by atoms with Gasteiger partial charge in [-0.2, -0.15) is 8.42 Å². The van der Waals surface area contributed by atoms with Crippen molar-refractivity contribution in [1.82, 2.24) is 0 Å². The molecule has 1 saturated carbocycles. The molecule has 0 aliphatic heterocycles. The molecule has 0 amide bonds. The van der Waals surface area contributed by atoms with E-state index in [4.69, 9.17) is 13.0 Å². The second-order valence-corrected chi connectivity index (χ2v) is 21.7. The van der Waals surface area contributed by atoms with Gasteiger partial charge in [0.05, 0.1) is 24.6 Å². The summed E-state index contributed by atoms with van der Waals surface area (Å²) >= 11 is 0. The predicted molar refractivity (Wildman–Crippen MR) is 203 cm³/mol. The van der Waals surface area contributed by atoms with E-state index < -0.39 is 34.3 Å². The summed E-state index contributed by atoms with van der Waals surface area (Å²) < 4.78 is 46.6. The van der Waals surface area contributed by atoms with Crippen molar-refractivity contribution in [2.24, 2.45) is 22.7 Å². The van der Waals surface area contributed by atoms with Crippen LogP contribution in [0.15, 0.2) is 121 Å². The average molecular weight is 701 g/mol. The van der Waals surface area contributed by atoms with E-state index in [0.29, 0.717) is 6.42 Å². The standard InChI is InChI=1S/C40H52O5SSi2/c1-39(2,3)37(44-47(30-20-12-8-13-21-30)31-22-14-9-15-23-31)34-28-29-35(43-46(7,41)42)36(34)38(40(4,5)6)45-48(32-24-16-10-17-25-32)33-26-18-11-19-27-33/h8-27,34-38,47-48H,28-29H2,1-7H3/t34-,35-,36+,37?,38?/m0/s1. The molecule has 0 bridgehead atoms. The Morgan fingerprint density at radius 1 is 0.562 bits per heavy atom. The summed E-state index contributed by atoms with van der Waals surface area (Å²) in [5.41, 5.74) is -0.560. The van der Waals surface area contributed by atoms with Crippen molar-refractivity contribution in [2.45, 2.75) is 72.7 Å². The zero-order valence-corrected chi connectivity index (χ0v) is 32.6. The largest absolute Gasteiger partial charge is 0.407 e. The van der Waals surface area contributed by atoms with Gasteiger partial charge in [-0.05, 0) is 50.3 Å². The van der Waals surface area contributed by atoms with Crippen molar-refractivity contribution >= 4 is 48.9 Å². The van der Waals surface area contributed by atoms with E-state index in [1.807, 2.05) is 24.3 Å². The maximum atomic E-state index is 12.8. The molecule has 1 fully saturated rings. The van der Waals surface area contributed by atoms with Gasteiger partial charge in [-0.1, -0.05) is 163 Å². The lowest BCUT2D eigenvalue weighted by molar-refractivity contribution is -0.0628. The molecule has 48 heavy (non-hydrogen) atoms. The quantitative estimate of drug-likeness (QED) is 0.149. The minimum absolute atomic E-state index is 0.00426. The van der Waals surface area contributed by atoms with E-state index in [1.54, 1.807) is 0 Å². The second-order valence-electron chi connectivity index (χ2n) is 15.4. The minimum Gasteiger partial charge on any atom is -0.407 e. The van der Waals surface area contributed by atoms with E-state index in [0.717, 1.165) is 6.42 Å². The first-order valence-corrected chi connectivity index (χ1v) is 22.2. The third kappa shape index (κ3) is 9.22. The smallest absolute Gasteiger partial charge is 0.264 e. The molecule has 1 aliphatic carbocycles. The van der Waals surface area contributed by atoms with Gasteiger partial charge in [0.1, 0.15) is 0 Å². The number of benzene rings is 4. The highest BCUT2D eigenvalue weighted by atomic mass is 32.2. The fourth-order valence-electron chi connectivity index (χ4n) is 7.45. The van der Waals surface area contributed by atoms with Crippen molar-refractivity contribution in [3.05, 3.63) is 121 Å². The van der Waals surface area contributed by atoms with Crippen LogP contribution >= 0.6 is 0 Å². The lowest BCUT2D eigenvalue weighted by Gasteiger charge is -2.47. The third-order valence-electron chi connectivity index (χ3n) is 9.43. The van der Waals surface area contributed by atoms with Crippen LogP contribution in [-0.2, 0) is 23.2 Å². The van der Waals surface area contributed by atoms with Crippen molar-refractivity contribution in [2.75, 3.05) is 6.26 Å². The summed E-state index contributed by atoms with van der Waals surface area (Å²) in [5, 5.41) is 4.83. The van der Waals surface area contributed by atoms with Gasteiger partial charge >= 0.3 is 0 Å². The monoisotopic (exact) mass is 700 g/mol. The highest BCUT2D eigenvalue weighted by molar-refractivity contribution is 7.86. The van der Waals surface area contributed by atoms with Crippen molar-refractivity contribution in [3.63, 3.8) is 0 Å².